The van der Waals surface area contributed by atoms with Gasteiger partial charge >= 0.3 is 12.2 Å². The fourth-order valence-electron chi connectivity index (χ4n) is 2.05. The molecule has 23 heavy (non-hydrogen) atoms. The zero-order chi connectivity index (χ0) is 16.9. The lowest BCUT2D eigenvalue weighted by Crippen LogP contribution is -2.48. The molecule has 6 nitrogen and oxygen atoms in total. The maximum absolute atomic E-state index is 12.0. The van der Waals surface area contributed by atoms with E-state index in [9.17, 15) is 18.0 Å². The van der Waals surface area contributed by atoms with Gasteiger partial charge in [-0.3, -0.25) is 0 Å². The Balaban J connectivity index is 1.78. The minimum Gasteiger partial charge on any atom is -0.468 e. The normalized spacial score (nSPS) is 18.6. The summed E-state index contributed by atoms with van der Waals surface area (Å²) in [7, 11) is 0. The van der Waals surface area contributed by atoms with E-state index in [4.69, 9.17) is 4.74 Å². The van der Waals surface area contributed by atoms with Crippen molar-refractivity contribution in [2.24, 2.45) is 0 Å². The van der Waals surface area contributed by atoms with Crippen molar-refractivity contribution in [1.29, 1.82) is 0 Å². The zero-order valence-corrected chi connectivity index (χ0v) is 12.6. The molecule has 0 aromatic carbocycles. The van der Waals surface area contributed by atoms with Gasteiger partial charge in [0.1, 0.15) is 0 Å². The van der Waals surface area contributed by atoms with E-state index < -0.39 is 12.8 Å². The first-order valence-corrected chi connectivity index (χ1v) is 7.12. The van der Waals surface area contributed by atoms with Crippen molar-refractivity contribution in [2.75, 3.05) is 26.3 Å². The average molecular weight is 333 g/mol. The van der Waals surface area contributed by atoms with E-state index in [2.05, 4.69) is 15.0 Å². The molecular weight excluding hydrogens is 315 g/mol. The van der Waals surface area contributed by atoms with Crippen molar-refractivity contribution in [3.05, 3.63) is 23.9 Å². The highest BCUT2D eigenvalue weighted by atomic mass is 19.4. The van der Waals surface area contributed by atoms with Crippen molar-refractivity contribution in [3.63, 3.8) is 0 Å². The lowest BCUT2D eigenvalue weighted by molar-refractivity contribution is -0.154. The van der Waals surface area contributed by atoms with Gasteiger partial charge in [-0.15, -0.1) is 0 Å². The van der Waals surface area contributed by atoms with Crippen LogP contribution in [0, 0.1) is 0 Å². The van der Waals surface area contributed by atoms with Gasteiger partial charge in [0.15, 0.2) is 6.61 Å². The van der Waals surface area contributed by atoms with Gasteiger partial charge in [0.25, 0.3) is 0 Å². The van der Waals surface area contributed by atoms with Crippen LogP contribution in [0.15, 0.2) is 18.3 Å². The third kappa shape index (κ3) is 5.93. The number of carbonyl (C=O) groups excluding carboxylic acids is 1. The summed E-state index contributed by atoms with van der Waals surface area (Å²) in [6.07, 6.45) is -3.03. The third-order valence-electron chi connectivity index (χ3n) is 3.15. The summed E-state index contributed by atoms with van der Waals surface area (Å²) in [5, 5.41) is 2.74. The summed E-state index contributed by atoms with van der Waals surface area (Å²) in [6, 6.07) is 2.68. The Hall–Kier alpha value is -2.03. The molecule has 1 aliphatic rings. The van der Waals surface area contributed by atoms with E-state index in [0.717, 1.165) is 0 Å². The Morgan fingerprint density at radius 3 is 2.91 bits per heavy atom. The van der Waals surface area contributed by atoms with E-state index in [-0.39, 0.29) is 24.6 Å². The molecule has 0 bridgehead atoms. The average Bonchev–Trinajstić information content (AvgIpc) is 2.51. The number of nitrogens with zero attached hydrogens (tertiary/aromatic N) is 2. The first kappa shape index (κ1) is 17.3. The summed E-state index contributed by atoms with van der Waals surface area (Å²) in [5.41, 5.74) is 0.666. The van der Waals surface area contributed by atoms with Gasteiger partial charge in [-0.05, 0) is 12.5 Å². The molecular formula is C14H18F3N3O3. The predicted octanol–water partition coefficient (Wildman–Crippen LogP) is 1.95. The number of halogens is 3. The molecule has 1 unspecified atom stereocenters. The molecule has 128 valence electrons. The van der Waals surface area contributed by atoms with E-state index in [0.29, 0.717) is 25.3 Å². The molecule has 0 spiro atoms. The van der Waals surface area contributed by atoms with Crippen LogP contribution in [-0.2, 0) is 11.3 Å². The molecule has 0 radical (unpaired) electrons. The number of hydrogen-bond acceptors (Lipinski definition) is 4. The van der Waals surface area contributed by atoms with Crippen LogP contribution in [0.4, 0.5) is 18.0 Å². The van der Waals surface area contributed by atoms with Crippen molar-refractivity contribution < 1.29 is 27.4 Å². The smallest absolute Gasteiger partial charge is 0.422 e. The summed E-state index contributed by atoms with van der Waals surface area (Å²) >= 11 is 0. The maximum atomic E-state index is 12.0. The minimum atomic E-state index is -4.40. The largest absolute Gasteiger partial charge is 0.468 e. The van der Waals surface area contributed by atoms with Crippen LogP contribution in [-0.4, -0.2) is 54.5 Å². The molecule has 1 N–H and O–H groups in total. The number of nitrogens with one attached hydrogen (secondary N) is 1. The van der Waals surface area contributed by atoms with Crippen molar-refractivity contribution in [1.82, 2.24) is 15.2 Å². The highest BCUT2D eigenvalue weighted by molar-refractivity contribution is 5.74. The van der Waals surface area contributed by atoms with Crippen molar-refractivity contribution in [2.45, 2.75) is 25.7 Å². The van der Waals surface area contributed by atoms with Crippen LogP contribution < -0.4 is 10.1 Å². The number of aromatic nitrogens is 1. The fourth-order valence-corrected chi connectivity index (χ4v) is 2.05. The number of morpholine rings is 1. The van der Waals surface area contributed by atoms with Crippen LogP contribution in [0.1, 0.15) is 12.5 Å². The molecule has 1 saturated heterocycles. The molecule has 1 fully saturated rings. The van der Waals surface area contributed by atoms with Crippen LogP contribution in [0.2, 0.25) is 0 Å². The highest BCUT2D eigenvalue weighted by Crippen LogP contribution is 2.17. The van der Waals surface area contributed by atoms with Gasteiger partial charge in [0.2, 0.25) is 5.88 Å². The van der Waals surface area contributed by atoms with Crippen LogP contribution in [0.5, 0.6) is 5.88 Å². The minimum absolute atomic E-state index is 0.00114. The molecule has 2 heterocycles. The Bertz CT molecular complexity index is 522. The molecule has 2 amide bonds. The first-order chi connectivity index (χ1) is 10.8. The van der Waals surface area contributed by atoms with Crippen LogP contribution in [0.25, 0.3) is 0 Å². The monoisotopic (exact) mass is 333 g/mol. The maximum Gasteiger partial charge on any atom is 0.422 e. The Labute approximate surface area is 131 Å². The molecule has 1 aromatic rings. The number of amides is 2. The van der Waals surface area contributed by atoms with E-state index >= 15 is 0 Å². The molecule has 9 heteroatoms. The van der Waals surface area contributed by atoms with E-state index in [1.54, 1.807) is 11.0 Å². The zero-order valence-electron chi connectivity index (χ0n) is 12.6. The number of alkyl halides is 3. The Morgan fingerprint density at radius 2 is 2.30 bits per heavy atom. The molecule has 0 saturated carbocycles. The topological polar surface area (TPSA) is 63.7 Å². The SMILES string of the molecule is CC1CN(C(=O)NCc2ccc(OCC(F)(F)F)nc2)CCO1. The van der Waals surface area contributed by atoms with E-state index in [1.165, 1.54) is 12.3 Å². The van der Waals surface area contributed by atoms with Crippen LogP contribution >= 0.6 is 0 Å². The second-order valence-corrected chi connectivity index (χ2v) is 5.19. The Kier molecular flexibility index (Phi) is 5.64. The second-order valence-electron chi connectivity index (χ2n) is 5.19. The summed E-state index contributed by atoms with van der Waals surface area (Å²) in [6.45, 7) is 2.29. The molecule has 2 rings (SSSR count). The number of urea groups is 1. The molecule has 1 aromatic heterocycles. The van der Waals surface area contributed by atoms with Gasteiger partial charge < -0.3 is 19.7 Å². The van der Waals surface area contributed by atoms with Crippen molar-refractivity contribution in [3.8, 4) is 5.88 Å². The number of ether oxygens (including phenoxy) is 2. The van der Waals surface area contributed by atoms with Gasteiger partial charge in [0.05, 0.1) is 12.7 Å². The third-order valence-corrected chi connectivity index (χ3v) is 3.15. The van der Waals surface area contributed by atoms with Gasteiger partial charge in [-0.1, -0.05) is 6.07 Å². The first-order valence-electron chi connectivity index (χ1n) is 7.12. The van der Waals surface area contributed by atoms with E-state index in [1.807, 2.05) is 6.92 Å². The summed E-state index contributed by atoms with van der Waals surface area (Å²) in [4.78, 5) is 17.4. The van der Waals surface area contributed by atoms with Gasteiger partial charge in [0, 0.05) is 31.9 Å². The number of hydrogen-bond donors (Lipinski definition) is 1. The number of pyridine rings is 1. The molecule has 1 aliphatic heterocycles. The highest BCUT2D eigenvalue weighted by Gasteiger charge is 2.28. The summed E-state index contributed by atoms with van der Waals surface area (Å²) in [5.74, 6) is -0.112. The number of carbonyl (C=O) groups is 1. The molecule has 0 aliphatic carbocycles. The van der Waals surface area contributed by atoms with Crippen molar-refractivity contribution >= 4 is 6.03 Å². The predicted molar refractivity (Wildman–Crippen MR) is 75.0 cm³/mol. The lowest BCUT2D eigenvalue weighted by Gasteiger charge is -2.31. The standard InChI is InChI=1S/C14H18F3N3O3/c1-10-8-20(4-5-22-10)13(21)19-7-11-2-3-12(18-6-11)23-9-14(15,16)17/h2-3,6,10H,4-5,7-9H2,1H3,(H,19,21). The van der Waals surface area contributed by atoms with Crippen LogP contribution in [0.3, 0.4) is 0 Å². The van der Waals surface area contributed by atoms with Gasteiger partial charge in [-0.25, -0.2) is 9.78 Å². The quantitative estimate of drug-likeness (QED) is 0.915. The lowest BCUT2D eigenvalue weighted by atomic mass is 10.3. The number of rotatable bonds is 4. The Morgan fingerprint density at radius 1 is 1.52 bits per heavy atom. The molecule has 1 atom stereocenters. The fraction of sp³-hybridized carbons (Fsp3) is 0.571. The van der Waals surface area contributed by atoms with Gasteiger partial charge in [-0.2, -0.15) is 13.2 Å². The second kappa shape index (κ2) is 7.49. The summed E-state index contributed by atoms with van der Waals surface area (Å²) < 4.78 is 45.9.